The Balaban J connectivity index is 2.09. The molecule has 88 valence electrons. The third-order valence-corrected chi connectivity index (χ3v) is 4.72. The maximum atomic E-state index is 8.99. The van der Waals surface area contributed by atoms with Gasteiger partial charge in [-0.3, -0.25) is 0 Å². The number of aliphatic hydroxyl groups excluding tert-OH is 1. The molecular weight excluding hydrogens is 244 g/mol. The first-order valence-electron chi connectivity index (χ1n) is 5.38. The van der Waals surface area contributed by atoms with Gasteiger partial charge in [0.25, 0.3) is 0 Å². The lowest BCUT2D eigenvalue weighted by Gasteiger charge is -2.14. The molecule has 1 saturated heterocycles. The summed E-state index contributed by atoms with van der Waals surface area (Å²) < 4.78 is 5.52. The highest BCUT2D eigenvalue weighted by atomic mass is 35.5. The van der Waals surface area contributed by atoms with Crippen molar-refractivity contribution in [1.29, 1.82) is 0 Å². The molecule has 1 fully saturated rings. The van der Waals surface area contributed by atoms with E-state index in [2.05, 4.69) is 6.92 Å². The van der Waals surface area contributed by atoms with Crippen LogP contribution in [-0.2, 0) is 11.3 Å². The van der Waals surface area contributed by atoms with Crippen LogP contribution in [0.2, 0.25) is 5.02 Å². The van der Waals surface area contributed by atoms with E-state index in [9.17, 15) is 0 Å². The fourth-order valence-electron chi connectivity index (χ4n) is 1.77. The lowest BCUT2D eigenvalue weighted by atomic mass is 10.2. The molecular formula is C12H15ClO2S. The van der Waals surface area contributed by atoms with Gasteiger partial charge in [-0.15, -0.1) is 11.8 Å². The zero-order chi connectivity index (χ0) is 11.5. The van der Waals surface area contributed by atoms with Crippen LogP contribution in [-0.4, -0.2) is 23.1 Å². The van der Waals surface area contributed by atoms with Gasteiger partial charge in [0.1, 0.15) is 0 Å². The van der Waals surface area contributed by atoms with E-state index >= 15 is 0 Å². The molecule has 0 bridgehead atoms. The topological polar surface area (TPSA) is 29.5 Å². The molecule has 2 nitrogen and oxygen atoms in total. The van der Waals surface area contributed by atoms with Crippen LogP contribution in [0.5, 0.6) is 0 Å². The molecule has 1 N–H and O–H groups in total. The first-order valence-corrected chi connectivity index (χ1v) is 6.64. The zero-order valence-corrected chi connectivity index (χ0v) is 10.7. The molecule has 1 aromatic carbocycles. The summed E-state index contributed by atoms with van der Waals surface area (Å²) in [7, 11) is 0. The number of rotatable bonds is 3. The van der Waals surface area contributed by atoms with Crippen molar-refractivity contribution in [2.45, 2.75) is 36.2 Å². The molecule has 0 spiro atoms. The second-order valence-corrected chi connectivity index (χ2v) is 5.63. The Kier molecular flexibility index (Phi) is 4.14. The van der Waals surface area contributed by atoms with Crippen LogP contribution in [0.1, 0.15) is 18.9 Å². The summed E-state index contributed by atoms with van der Waals surface area (Å²) in [4.78, 5) is 1.07. The number of aliphatic hydroxyl groups is 1. The van der Waals surface area contributed by atoms with E-state index in [4.69, 9.17) is 21.4 Å². The van der Waals surface area contributed by atoms with Crippen LogP contribution in [0.25, 0.3) is 0 Å². The second kappa shape index (κ2) is 5.41. The molecule has 1 aliphatic rings. The van der Waals surface area contributed by atoms with Crippen molar-refractivity contribution in [2.75, 3.05) is 6.61 Å². The predicted molar refractivity (Wildman–Crippen MR) is 67.1 cm³/mol. The Morgan fingerprint density at radius 3 is 2.94 bits per heavy atom. The molecule has 2 atom stereocenters. The van der Waals surface area contributed by atoms with Crippen LogP contribution in [0, 0.1) is 0 Å². The molecule has 0 saturated carbocycles. The van der Waals surface area contributed by atoms with Crippen molar-refractivity contribution in [1.82, 2.24) is 0 Å². The smallest absolute Gasteiger partial charge is 0.0682 e. The maximum Gasteiger partial charge on any atom is 0.0682 e. The SMILES string of the molecule is CC1OCCC1Sc1ccc(CO)cc1Cl. The van der Waals surface area contributed by atoms with Crippen LogP contribution in [0.4, 0.5) is 0 Å². The number of benzene rings is 1. The van der Waals surface area contributed by atoms with Gasteiger partial charge in [0.05, 0.1) is 17.7 Å². The van der Waals surface area contributed by atoms with Gasteiger partial charge < -0.3 is 9.84 Å². The summed E-state index contributed by atoms with van der Waals surface area (Å²) in [5.41, 5.74) is 0.852. The summed E-state index contributed by atoms with van der Waals surface area (Å²) in [5, 5.41) is 10.2. The number of halogens is 1. The van der Waals surface area contributed by atoms with E-state index < -0.39 is 0 Å². The molecule has 0 radical (unpaired) electrons. The van der Waals surface area contributed by atoms with Crippen molar-refractivity contribution < 1.29 is 9.84 Å². The molecule has 2 unspecified atom stereocenters. The van der Waals surface area contributed by atoms with Gasteiger partial charge >= 0.3 is 0 Å². The van der Waals surface area contributed by atoms with E-state index in [1.54, 1.807) is 11.8 Å². The standard InChI is InChI=1S/C12H15ClO2S/c1-8-11(4-5-15-8)16-12-3-2-9(7-14)6-10(12)13/h2-3,6,8,11,14H,4-5,7H2,1H3. The summed E-state index contributed by atoms with van der Waals surface area (Å²) >= 11 is 7.93. The highest BCUT2D eigenvalue weighted by molar-refractivity contribution is 8.00. The van der Waals surface area contributed by atoms with E-state index in [0.717, 1.165) is 28.5 Å². The Morgan fingerprint density at radius 2 is 2.38 bits per heavy atom. The Labute approximate surface area is 105 Å². The number of hydrogen-bond acceptors (Lipinski definition) is 3. The molecule has 1 aliphatic heterocycles. The van der Waals surface area contributed by atoms with Gasteiger partial charge in [0.15, 0.2) is 0 Å². The normalized spacial score (nSPS) is 24.9. The van der Waals surface area contributed by atoms with E-state index in [1.165, 1.54) is 0 Å². The molecule has 1 aromatic rings. The Hall–Kier alpha value is -0.220. The summed E-state index contributed by atoms with van der Waals surface area (Å²) in [6, 6.07) is 5.71. The quantitative estimate of drug-likeness (QED) is 0.904. The highest BCUT2D eigenvalue weighted by Crippen LogP contribution is 2.36. The van der Waals surface area contributed by atoms with Gasteiger partial charge in [-0.1, -0.05) is 17.7 Å². The summed E-state index contributed by atoms with van der Waals surface area (Å²) in [6.45, 7) is 2.97. The Morgan fingerprint density at radius 1 is 1.56 bits per heavy atom. The summed E-state index contributed by atoms with van der Waals surface area (Å²) in [6.07, 6.45) is 1.36. The molecule has 4 heteroatoms. The second-order valence-electron chi connectivity index (χ2n) is 3.94. The molecule has 0 aromatic heterocycles. The molecule has 2 rings (SSSR count). The fraction of sp³-hybridized carbons (Fsp3) is 0.500. The minimum atomic E-state index is 0.0353. The summed E-state index contributed by atoms with van der Waals surface area (Å²) in [5.74, 6) is 0. The van der Waals surface area contributed by atoms with Crippen LogP contribution < -0.4 is 0 Å². The number of hydrogen-bond donors (Lipinski definition) is 1. The molecule has 0 amide bonds. The first kappa shape index (κ1) is 12.2. The maximum absolute atomic E-state index is 8.99. The van der Waals surface area contributed by atoms with Crippen LogP contribution in [0.3, 0.4) is 0 Å². The van der Waals surface area contributed by atoms with Crippen molar-refractivity contribution in [2.24, 2.45) is 0 Å². The number of ether oxygens (including phenoxy) is 1. The first-order chi connectivity index (χ1) is 7.70. The third-order valence-electron chi connectivity index (χ3n) is 2.76. The zero-order valence-electron chi connectivity index (χ0n) is 9.15. The van der Waals surface area contributed by atoms with Crippen molar-refractivity contribution in [3.8, 4) is 0 Å². The molecule has 1 heterocycles. The van der Waals surface area contributed by atoms with Gasteiger partial charge in [0.2, 0.25) is 0 Å². The van der Waals surface area contributed by atoms with E-state index in [1.807, 2.05) is 18.2 Å². The van der Waals surface area contributed by atoms with Gasteiger partial charge in [0, 0.05) is 16.8 Å². The van der Waals surface area contributed by atoms with E-state index in [0.29, 0.717) is 11.4 Å². The largest absolute Gasteiger partial charge is 0.392 e. The van der Waals surface area contributed by atoms with Gasteiger partial charge in [-0.2, -0.15) is 0 Å². The van der Waals surface area contributed by atoms with Crippen molar-refractivity contribution in [3.63, 3.8) is 0 Å². The monoisotopic (exact) mass is 258 g/mol. The van der Waals surface area contributed by atoms with Gasteiger partial charge in [-0.05, 0) is 31.0 Å². The minimum absolute atomic E-state index is 0.0353. The average Bonchev–Trinajstić information content (AvgIpc) is 2.67. The lowest BCUT2D eigenvalue weighted by Crippen LogP contribution is -2.13. The highest BCUT2D eigenvalue weighted by Gasteiger charge is 2.25. The average molecular weight is 259 g/mol. The fourth-order valence-corrected chi connectivity index (χ4v) is 3.23. The predicted octanol–water partition coefficient (Wildman–Crippen LogP) is 3.10. The Bertz CT molecular complexity index is 370. The minimum Gasteiger partial charge on any atom is -0.392 e. The lowest BCUT2D eigenvalue weighted by molar-refractivity contribution is 0.127. The van der Waals surface area contributed by atoms with Crippen molar-refractivity contribution in [3.05, 3.63) is 28.8 Å². The van der Waals surface area contributed by atoms with E-state index in [-0.39, 0.29) is 6.61 Å². The van der Waals surface area contributed by atoms with Crippen LogP contribution >= 0.6 is 23.4 Å². The number of thioether (sulfide) groups is 1. The third kappa shape index (κ3) is 2.72. The van der Waals surface area contributed by atoms with Crippen molar-refractivity contribution >= 4 is 23.4 Å². The molecule has 0 aliphatic carbocycles. The van der Waals surface area contributed by atoms with Crippen LogP contribution in [0.15, 0.2) is 23.1 Å². The van der Waals surface area contributed by atoms with Gasteiger partial charge in [-0.25, -0.2) is 0 Å². The molecule has 16 heavy (non-hydrogen) atoms.